The van der Waals surface area contributed by atoms with Crippen LogP contribution in [-0.2, 0) is 16.1 Å². The lowest BCUT2D eigenvalue weighted by Crippen LogP contribution is -2.42. The molecule has 3 heterocycles. The Morgan fingerprint density at radius 1 is 1.03 bits per heavy atom. The van der Waals surface area contributed by atoms with E-state index >= 15 is 0 Å². The van der Waals surface area contributed by atoms with Gasteiger partial charge in [0.25, 0.3) is 5.91 Å². The third kappa shape index (κ3) is 4.42. The number of amides is 2. The van der Waals surface area contributed by atoms with E-state index in [0.717, 1.165) is 0 Å². The molecule has 0 fully saturated rings. The summed E-state index contributed by atoms with van der Waals surface area (Å²) in [5, 5.41) is 3.13. The van der Waals surface area contributed by atoms with Crippen LogP contribution in [0.5, 0.6) is 0 Å². The average Bonchev–Trinajstić information content (AvgIpc) is 3.50. The molecule has 3 aromatic rings. The minimum Gasteiger partial charge on any atom is -0.467 e. The van der Waals surface area contributed by atoms with Crippen LogP contribution in [0.1, 0.15) is 28.1 Å². The Balaban J connectivity index is 1.33. The Kier molecular flexibility index (Phi) is 6.09. The first-order valence-electron chi connectivity index (χ1n) is 10.7. The molecule has 34 heavy (non-hydrogen) atoms. The summed E-state index contributed by atoms with van der Waals surface area (Å²) in [5.41, 5.74) is 1.98. The summed E-state index contributed by atoms with van der Waals surface area (Å²) in [5.74, 6) is 0.489. The van der Waals surface area contributed by atoms with Crippen molar-refractivity contribution in [2.75, 3.05) is 5.75 Å². The summed E-state index contributed by atoms with van der Waals surface area (Å²) >= 11 is 1.19. The van der Waals surface area contributed by atoms with Gasteiger partial charge in [0.1, 0.15) is 17.6 Å². The molecule has 0 bridgehead atoms. The number of aliphatic imine (C=N–C) groups is 2. The summed E-state index contributed by atoms with van der Waals surface area (Å²) in [6.07, 6.45) is 1.44. The highest BCUT2D eigenvalue weighted by atomic mass is 32.2. The van der Waals surface area contributed by atoms with E-state index in [1.54, 1.807) is 24.3 Å². The molecule has 0 saturated carbocycles. The van der Waals surface area contributed by atoms with Crippen LogP contribution in [0.4, 0.5) is 5.69 Å². The van der Waals surface area contributed by atoms with Crippen LogP contribution in [0, 0.1) is 0 Å². The van der Waals surface area contributed by atoms with Crippen LogP contribution >= 0.6 is 11.8 Å². The summed E-state index contributed by atoms with van der Waals surface area (Å²) in [7, 11) is 0. The molecule has 0 radical (unpaired) electrons. The molecule has 0 saturated heterocycles. The smallest absolute Gasteiger partial charge is 0.259 e. The Labute approximate surface area is 199 Å². The van der Waals surface area contributed by atoms with Gasteiger partial charge in [0.05, 0.1) is 30.7 Å². The number of nitrogens with zero attached hydrogens (tertiary/aromatic N) is 3. The van der Waals surface area contributed by atoms with Crippen LogP contribution in [0.15, 0.2) is 87.4 Å². The van der Waals surface area contributed by atoms with Gasteiger partial charge in [-0.2, -0.15) is 0 Å². The maximum atomic E-state index is 13.3. The molecular formula is C25H20N4O4S. The summed E-state index contributed by atoms with van der Waals surface area (Å²) in [6.45, 7) is 0.236. The summed E-state index contributed by atoms with van der Waals surface area (Å²) in [6, 6.07) is 19.0. The second kappa shape index (κ2) is 9.48. The van der Waals surface area contributed by atoms with E-state index in [0.29, 0.717) is 33.6 Å². The molecule has 0 spiro atoms. The van der Waals surface area contributed by atoms with E-state index in [2.05, 4.69) is 15.3 Å². The fourth-order valence-corrected chi connectivity index (χ4v) is 4.61. The standard InChI is InChI=1S/C25H20N4O4S/c30-21(16-7-2-1-3-8-16)15-34-25-28-19-11-5-4-10-18(19)23-27-20(24(32)29(23)25)13-22(31)26-14-17-9-6-12-33-17/h1-12,20H,13-15H2,(H,26,31). The zero-order valence-electron chi connectivity index (χ0n) is 18.0. The number of hydrogen-bond donors (Lipinski definition) is 1. The molecule has 1 N–H and O–H groups in total. The maximum absolute atomic E-state index is 13.3. The van der Waals surface area contributed by atoms with Crippen molar-refractivity contribution in [2.45, 2.75) is 19.0 Å². The number of carbonyl (C=O) groups excluding carboxylic acids is 3. The van der Waals surface area contributed by atoms with Gasteiger partial charge in [-0.05, 0) is 24.3 Å². The molecule has 170 valence electrons. The van der Waals surface area contributed by atoms with E-state index < -0.39 is 6.04 Å². The molecule has 2 aliphatic rings. The second-order valence-corrected chi connectivity index (χ2v) is 8.63. The largest absolute Gasteiger partial charge is 0.467 e. The number of Topliss-reactive ketones (excluding diaryl/α,β-unsaturated/α-hetero) is 1. The number of ketones is 1. The monoisotopic (exact) mass is 472 g/mol. The third-order valence-electron chi connectivity index (χ3n) is 5.39. The van der Waals surface area contributed by atoms with Crippen molar-refractivity contribution in [3.8, 4) is 0 Å². The van der Waals surface area contributed by atoms with E-state index in [-0.39, 0.29) is 36.3 Å². The Bertz CT molecular complexity index is 1300. The first-order chi connectivity index (χ1) is 16.6. The van der Waals surface area contributed by atoms with Crippen molar-refractivity contribution in [1.82, 2.24) is 10.2 Å². The summed E-state index contributed by atoms with van der Waals surface area (Å²) in [4.78, 5) is 49.0. The first kappa shape index (κ1) is 21.8. The maximum Gasteiger partial charge on any atom is 0.259 e. The number of fused-ring (bicyclic) bond motifs is 3. The molecule has 1 unspecified atom stereocenters. The fraction of sp³-hybridized carbons (Fsp3) is 0.160. The molecule has 9 heteroatoms. The van der Waals surface area contributed by atoms with Gasteiger partial charge in [0.15, 0.2) is 11.0 Å². The number of para-hydroxylation sites is 1. The van der Waals surface area contributed by atoms with Gasteiger partial charge >= 0.3 is 0 Å². The fourth-order valence-electron chi connectivity index (χ4n) is 3.72. The minimum atomic E-state index is -0.867. The van der Waals surface area contributed by atoms with Gasteiger partial charge in [-0.25, -0.2) is 9.89 Å². The van der Waals surface area contributed by atoms with Crippen LogP contribution in [0.25, 0.3) is 0 Å². The lowest BCUT2D eigenvalue weighted by atomic mass is 10.1. The highest BCUT2D eigenvalue weighted by Crippen LogP contribution is 2.34. The van der Waals surface area contributed by atoms with E-state index in [4.69, 9.17) is 4.42 Å². The van der Waals surface area contributed by atoms with Crippen molar-refractivity contribution in [3.05, 3.63) is 89.9 Å². The average molecular weight is 473 g/mol. The van der Waals surface area contributed by atoms with E-state index in [1.165, 1.54) is 22.9 Å². The van der Waals surface area contributed by atoms with Gasteiger partial charge in [-0.3, -0.25) is 19.4 Å². The number of furan rings is 1. The van der Waals surface area contributed by atoms with Gasteiger partial charge in [-0.15, -0.1) is 0 Å². The third-order valence-corrected chi connectivity index (χ3v) is 6.33. The number of amidine groups is 2. The molecule has 2 aliphatic heterocycles. The number of carbonyl (C=O) groups is 3. The summed E-state index contributed by atoms with van der Waals surface area (Å²) < 4.78 is 5.22. The predicted octanol–water partition coefficient (Wildman–Crippen LogP) is 3.56. The molecule has 2 aromatic carbocycles. The molecule has 0 aliphatic carbocycles. The van der Waals surface area contributed by atoms with Crippen LogP contribution in [0.2, 0.25) is 0 Å². The predicted molar refractivity (Wildman–Crippen MR) is 129 cm³/mol. The van der Waals surface area contributed by atoms with Crippen LogP contribution in [0.3, 0.4) is 0 Å². The van der Waals surface area contributed by atoms with Crippen molar-refractivity contribution in [2.24, 2.45) is 9.98 Å². The SMILES string of the molecule is O=C(CC1N=C2c3ccccc3N=C(SCC(=O)c3ccccc3)N2C1=O)NCc1ccco1. The second-order valence-electron chi connectivity index (χ2n) is 7.69. The Morgan fingerprint density at radius 3 is 2.62 bits per heavy atom. The lowest BCUT2D eigenvalue weighted by molar-refractivity contribution is -0.128. The van der Waals surface area contributed by atoms with Crippen LogP contribution < -0.4 is 5.32 Å². The minimum absolute atomic E-state index is 0.0638. The van der Waals surface area contributed by atoms with Crippen molar-refractivity contribution in [1.29, 1.82) is 0 Å². The number of rotatable bonds is 7. The number of hydrogen-bond acceptors (Lipinski definition) is 7. The molecule has 1 atom stereocenters. The lowest BCUT2D eigenvalue weighted by Gasteiger charge is -2.25. The molecule has 1 aromatic heterocycles. The van der Waals surface area contributed by atoms with Gasteiger partial charge in [-0.1, -0.05) is 54.2 Å². The van der Waals surface area contributed by atoms with Crippen LogP contribution in [-0.4, -0.2) is 45.3 Å². The zero-order valence-corrected chi connectivity index (χ0v) is 18.8. The highest BCUT2D eigenvalue weighted by Gasteiger charge is 2.42. The topological polar surface area (TPSA) is 104 Å². The normalized spacial score (nSPS) is 16.4. The quantitative estimate of drug-likeness (QED) is 0.530. The number of benzene rings is 2. The van der Waals surface area contributed by atoms with Crippen molar-refractivity contribution in [3.63, 3.8) is 0 Å². The number of thioether (sulfide) groups is 1. The molecular weight excluding hydrogens is 452 g/mol. The van der Waals surface area contributed by atoms with Gasteiger partial charge < -0.3 is 9.73 Å². The van der Waals surface area contributed by atoms with Crippen molar-refractivity contribution < 1.29 is 18.8 Å². The molecule has 2 amide bonds. The Hall–Kier alpha value is -3.98. The number of nitrogens with one attached hydrogen (secondary N) is 1. The van der Waals surface area contributed by atoms with Gasteiger partial charge in [0, 0.05) is 11.1 Å². The van der Waals surface area contributed by atoms with E-state index in [1.807, 2.05) is 42.5 Å². The Morgan fingerprint density at radius 2 is 1.82 bits per heavy atom. The zero-order chi connectivity index (χ0) is 23.5. The van der Waals surface area contributed by atoms with Crippen molar-refractivity contribution >= 4 is 46.1 Å². The van der Waals surface area contributed by atoms with Gasteiger partial charge in [0.2, 0.25) is 5.91 Å². The molecule has 5 rings (SSSR count). The molecule has 8 nitrogen and oxygen atoms in total. The van der Waals surface area contributed by atoms with E-state index in [9.17, 15) is 14.4 Å². The first-order valence-corrected chi connectivity index (χ1v) is 11.7. The highest BCUT2D eigenvalue weighted by molar-refractivity contribution is 8.14.